The molecule has 9 heteroatoms. The number of aliphatic imine (C=N–C) groups is 2. The van der Waals surface area contributed by atoms with Gasteiger partial charge in [-0.05, 0) is 69.3 Å². The fraction of sp³-hybridized carbons (Fsp3) is 0.462. The summed E-state index contributed by atoms with van der Waals surface area (Å²) in [6.07, 6.45) is 0.953. The first-order chi connectivity index (χ1) is 16.5. The standard InChI is InChI=1S/C26H32N4O3S2/c1-17-13-18(2)15-19(14-17)27-21(31)16-35-23-22(20-7-6-12-34-20)28-26(29-23)8-10-30(11-9-26)24(32)33-25(3,4)5/h6-7,12-15H,8-11,16H2,1-5H3,(H,27,31). The van der Waals surface area contributed by atoms with Crippen molar-refractivity contribution < 1.29 is 14.3 Å². The van der Waals surface area contributed by atoms with Crippen LogP contribution in [0, 0.1) is 13.8 Å². The minimum absolute atomic E-state index is 0.0751. The molecule has 0 radical (unpaired) electrons. The van der Waals surface area contributed by atoms with Gasteiger partial charge in [0.2, 0.25) is 5.91 Å². The van der Waals surface area contributed by atoms with Gasteiger partial charge in [-0.1, -0.05) is 23.9 Å². The number of rotatable bonds is 4. The molecule has 2 amide bonds. The number of hydrogen-bond donors (Lipinski definition) is 1. The molecule has 7 nitrogen and oxygen atoms in total. The van der Waals surface area contributed by atoms with Crippen LogP contribution < -0.4 is 5.32 Å². The predicted octanol–water partition coefficient (Wildman–Crippen LogP) is 5.67. The number of nitrogens with zero attached hydrogens (tertiary/aromatic N) is 3. The van der Waals surface area contributed by atoms with Crippen molar-refractivity contribution >= 4 is 51.5 Å². The van der Waals surface area contributed by atoms with Crippen molar-refractivity contribution in [2.24, 2.45) is 9.98 Å². The first kappa shape index (κ1) is 25.4. The van der Waals surface area contributed by atoms with Gasteiger partial charge in [-0.3, -0.25) is 9.79 Å². The lowest BCUT2D eigenvalue weighted by atomic mass is 9.99. The van der Waals surface area contributed by atoms with Crippen LogP contribution in [-0.4, -0.2) is 57.8 Å². The molecule has 3 heterocycles. The number of ether oxygens (including phenoxy) is 1. The third kappa shape index (κ3) is 6.52. The zero-order valence-corrected chi connectivity index (χ0v) is 22.5. The van der Waals surface area contributed by atoms with E-state index in [1.807, 2.05) is 64.3 Å². The van der Waals surface area contributed by atoms with Gasteiger partial charge in [0.15, 0.2) is 5.66 Å². The summed E-state index contributed by atoms with van der Waals surface area (Å²) in [7, 11) is 0. The molecule has 4 rings (SSSR count). The number of hydrogen-bond acceptors (Lipinski definition) is 7. The molecule has 0 saturated carbocycles. The Morgan fingerprint density at radius 2 is 1.83 bits per heavy atom. The van der Waals surface area contributed by atoms with Crippen molar-refractivity contribution in [2.75, 3.05) is 24.2 Å². The second-order valence-corrected chi connectivity index (χ2v) is 11.9. The third-order valence-electron chi connectivity index (χ3n) is 5.65. The molecule has 1 fully saturated rings. The van der Waals surface area contributed by atoms with E-state index in [0.717, 1.165) is 32.4 Å². The minimum atomic E-state index is -0.593. The number of carbonyl (C=O) groups excluding carboxylic acids is 2. The van der Waals surface area contributed by atoms with Gasteiger partial charge in [-0.25, -0.2) is 9.79 Å². The van der Waals surface area contributed by atoms with Crippen LogP contribution >= 0.6 is 23.1 Å². The monoisotopic (exact) mass is 512 g/mol. The van der Waals surface area contributed by atoms with Crippen LogP contribution in [0.2, 0.25) is 0 Å². The summed E-state index contributed by atoms with van der Waals surface area (Å²) in [5, 5.41) is 5.80. The Balaban J connectivity index is 1.44. The topological polar surface area (TPSA) is 83.4 Å². The summed E-state index contributed by atoms with van der Waals surface area (Å²) >= 11 is 3.03. The van der Waals surface area contributed by atoms with Crippen LogP contribution in [0.1, 0.15) is 49.6 Å². The number of carbonyl (C=O) groups is 2. The average molecular weight is 513 g/mol. The van der Waals surface area contributed by atoms with Gasteiger partial charge in [0.25, 0.3) is 0 Å². The molecular weight excluding hydrogens is 480 g/mol. The molecule has 35 heavy (non-hydrogen) atoms. The maximum Gasteiger partial charge on any atom is 0.410 e. The summed E-state index contributed by atoms with van der Waals surface area (Å²) in [6.45, 7) is 10.7. The molecular formula is C26H32N4O3S2. The second-order valence-electron chi connectivity index (χ2n) is 10.0. The second kappa shape index (κ2) is 10.1. The molecule has 2 aliphatic rings. The summed E-state index contributed by atoms with van der Waals surface area (Å²) in [5.41, 5.74) is 2.75. The number of aryl methyl sites for hydroxylation is 2. The zero-order valence-electron chi connectivity index (χ0n) is 20.9. The molecule has 1 N–H and O–H groups in total. The molecule has 1 aromatic heterocycles. The fourth-order valence-electron chi connectivity index (χ4n) is 4.17. The molecule has 0 bridgehead atoms. The number of anilines is 1. The van der Waals surface area contributed by atoms with Crippen molar-refractivity contribution in [1.82, 2.24) is 4.90 Å². The van der Waals surface area contributed by atoms with E-state index in [2.05, 4.69) is 11.4 Å². The number of thiophene rings is 1. The highest BCUT2D eigenvalue weighted by atomic mass is 32.2. The zero-order chi connectivity index (χ0) is 25.2. The van der Waals surface area contributed by atoms with Crippen LogP contribution in [0.4, 0.5) is 10.5 Å². The molecule has 1 aromatic carbocycles. The quantitative estimate of drug-likeness (QED) is 0.573. The van der Waals surface area contributed by atoms with E-state index in [9.17, 15) is 9.59 Å². The van der Waals surface area contributed by atoms with E-state index in [1.165, 1.54) is 11.8 Å². The lowest BCUT2D eigenvalue weighted by Gasteiger charge is -2.36. The van der Waals surface area contributed by atoms with E-state index in [4.69, 9.17) is 14.7 Å². The SMILES string of the molecule is Cc1cc(C)cc(NC(=O)CSC2=NC3(CCN(C(=O)OC(C)(C)C)CC3)N=C2c2cccs2)c1. The van der Waals surface area contributed by atoms with Gasteiger partial charge in [-0.15, -0.1) is 11.3 Å². The maximum atomic E-state index is 12.7. The summed E-state index contributed by atoms with van der Waals surface area (Å²) in [5.74, 6) is 0.171. The van der Waals surface area contributed by atoms with Gasteiger partial charge >= 0.3 is 6.09 Å². The molecule has 2 aromatic rings. The smallest absolute Gasteiger partial charge is 0.410 e. The minimum Gasteiger partial charge on any atom is -0.444 e. The average Bonchev–Trinajstić information content (AvgIpc) is 3.39. The lowest BCUT2D eigenvalue weighted by Crippen LogP contribution is -2.46. The first-order valence-corrected chi connectivity index (χ1v) is 13.6. The molecule has 0 unspecified atom stereocenters. The van der Waals surface area contributed by atoms with Gasteiger partial charge in [-0.2, -0.15) is 0 Å². The Morgan fingerprint density at radius 1 is 1.14 bits per heavy atom. The van der Waals surface area contributed by atoms with E-state index in [1.54, 1.807) is 16.2 Å². The summed E-state index contributed by atoms with van der Waals surface area (Å²) in [6, 6.07) is 10.0. The first-order valence-electron chi connectivity index (χ1n) is 11.7. The molecule has 1 saturated heterocycles. The van der Waals surface area contributed by atoms with E-state index >= 15 is 0 Å². The third-order valence-corrected chi connectivity index (χ3v) is 7.49. The molecule has 0 atom stereocenters. The van der Waals surface area contributed by atoms with E-state index in [-0.39, 0.29) is 17.8 Å². The van der Waals surface area contributed by atoms with Crippen LogP contribution in [0.3, 0.4) is 0 Å². The number of piperidine rings is 1. The Labute approximate surface area is 215 Å². The Hall–Kier alpha value is -2.65. The van der Waals surface area contributed by atoms with Gasteiger partial charge < -0.3 is 15.0 Å². The van der Waals surface area contributed by atoms with Crippen molar-refractivity contribution in [3.05, 3.63) is 51.7 Å². The fourth-order valence-corrected chi connectivity index (χ4v) is 5.82. The van der Waals surface area contributed by atoms with E-state index < -0.39 is 11.3 Å². The number of likely N-dealkylation sites (tertiary alicyclic amines) is 1. The largest absolute Gasteiger partial charge is 0.444 e. The van der Waals surface area contributed by atoms with Gasteiger partial charge in [0, 0.05) is 31.6 Å². The normalized spacial score (nSPS) is 17.2. The Morgan fingerprint density at radius 3 is 2.43 bits per heavy atom. The van der Waals surface area contributed by atoms with Crippen molar-refractivity contribution in [1.29, 1.82) is 0 Å². The van der Waals surface area contributed by atoms with Crippen LogP contribution in [0.5, 0.6) is 0 Å². The molecule has 1 spiro atoms. The highest BCUT2D eigenvalue weighted by molar-refractivity contribution is 8.16. The van der Waals surface area contributed by atoms with Crippen molar-refractivity contribution in [3.8, 4) is 0 Å². The highest BCUT2D eigenvalue weighted by Gasteiger charge is 2.41. The maximum absolute atomic E-state index is 12.7. The number of nitrogens with one attached hydrogen (secondary N) is 1. The Bertz CT molecular complexity index is 1140. The lowest BCUT2D eigenvalue weighted by molar-refractivity contribution is -0.113. The van der Waals surface area contributed by atoms with Crippen molar-refractivity contribution in [2.45, 2.75) is 58.7 Å². The molecule has 2 aliphatic heterocycles. The summed E-state index contributed by atoms with van der Waals surface area (Å²) in [4.78, 5) is 38.0. The number of thioether (sulfide) groups is 1. The number of amides is 2. The van der Waals surface area contributed by atoms with Crippen molar-refractivity contribution in [3.63, 3.8) is 0 Å². The summed E-state index contributed by atoms with van der Waals surface area (Å²) < 4.78 is 5.53. The van der Waals surface area contributed by atoms with Crippen LogP contribution in [-0.2, 0) is 9.53 Å². The van der Waals surface area contributed by atoms with Crippen LogP contribution in [0.25, 0.3) is 0 Å². The number of benzene rings is 1. The predicted molar refractivity (Wildman–Crippen MR) is 145 cm³/mol. The van der Waals surface area contributed by atoms with Crippen LogP contribution in [0.15, 0.2) is 45.7 Å². The highest BCUT2D eigenvalue weighted by Crippen LogP contribution is 2.36. The Kier molecular flexibility index (Phi) is 7.38. The van der Waals surface area contributed by atoms with E-state index in [0.29, 0.717) is 25.9 Å². The van der Waals surface area contributed by atoms with Gasteiger partial charge in [0.05, 0.1) is 10.6 Å². The molecule has 186 valence electrons. The van der Waals surface area contributed by atoms with Gasteiger partial charge in [0.1, 0.15) is 16.4 Å². The molecule has 0 aliphatic carbocycles.